The second-order valence-electron chi connectivity index (χ2n) is 7.80. The maximum absolute atomic E-state index is 12.6. The molecule has 0 aromatic heterocycles. The Kier molecular flexibility index (Phi) is 3.38. The van der Waals surface area contributed by atoms with E-state index in [1.165, 1.54) is 0 Å². The van der Waals surface area contributed by atoms with Gasteiger partial charge in [-0.05, 0) is 38.5 Å². The Labute approximate surface area is 137 Å². The molecule has 0 aromatic rings. The molecule has 4 aliphatic rings. The molecule has 0 radical (unpaired) electrons. The van der Waals surface area contributed by atoms with Gasteiger partial charge in [-0.1, -0.05) is 48.6 Å². The molecule has 0 bridgehead atoms. The SMILES string of the molecule is O=C(NC1CC1)C1(CCO)CC2(C=CC3(C=CCC=C3)C=C2)C1. The number of hydrogen-bond donors (Lipinski definition) is 2. The van der Waals surface area contributed by atoms with Gasteiger partial charge in [0.2, 0.25) is 5.91 Å². The predicted octanol–water partition coefficient (Wildman–Crippen LogP) is 3.04. The zero-order valence-corrected chi connectivity index (χ0v) is 13.5. The largest absolute Gasteiger partial charge is 0.396 e. The van der Waals surface area contributed by atoms with Crippen molar-refractivity contribution in [2.75, 3.05) is 6.61 Å². The lowest BCUT2D eigenvalue weighted by Crippen LogP contribution is -2.55. The van der Waals surface area contributed by atoms with Crippen molar-refractivity contribution in [1.29, 1.82) is 0 Å². The number of carbonyl (C=O) groups excluding carboxylic acids is 1. The van der Waals surface area contributed by atoms with Crippen LogP contribution in [-0.2, 0) is 4.79 Å². The van der Waals surface area contributed by atoms with Gasteiger partial charge in [-0.3, -0.25) is 4.79 Å². The van der Waals surface area contributed by atoms with E-state index in [1.54, 1.807) is 0 Å². The van der Waals surface area contributed by atoms with Crippen molar-refractivity contribution >= 4 is 5.91 Å². The van der Waals surface area contributed by atoms with Gasteiger partial charge in [-0.25, -0.2) is 0 Å². The van der Waals surface area contributed by atoms with Crippen molar-refractivity contribution < 1.29 is 9.90 Å². The van der Waals surface area contributed by atoms with Crippen LogP contribution in [0.15, 0.2) is 48.6 Å². The number of nitrogens with one attached hydrogen (secondary N) is 1. The first-order valence-corrected chi connectivity index (χ1v) is 8.78. The first-order chi connectivity index (χ1) is 11.1. The summed E-state index contributed by atoms with van der Waals surface area (Å²) in [5.41, 5.74) is -0.440. The lowest BCUT2D eigenvalue weighted by Gasteiger charge is -2.54. The summed E-state index contributed by atoms with van der Waals surface area (Å²) in [6.45, 7) is 0.0804. The molecule has 0 aliphatic heterocycles. The third kappa shape index (κ3) is 2.61. The van der Waals surface area contributed by atoms with Gasteiger partial charge in [0.05, 0.1) is 5.41 Å². The smallest absolute Gasteiger partial charge is 0.226 e. The van der Waals surface area contributed by atoms with Crippen LogP contribution in [0.1, 0.15) is 38.5 Å². The summed E-state index contributed by atoms with van der Waals surface area (Å²) in [4.78, 5) is 12.6. The molecule has 2 fully saturated rings. The monoisotopic (exact) mass is 311 g/mol. The predicted molar refractivity (Wildman–Crippen MR) is 90.6 cm³/mol. The molecule has 122 valence electrons. The van der Waals surface area contributed by atoms with E-state index in [0.29, 0.717) is 12.5 Å². The molecule has 0 atom stereocenters. The Morgan fingerprint density at radius 1 is 1.04 bits per heavy atom. The summed E-state index contributed by atoms with van der Waals surface area (Å²) in [6, 6.07) is 0.382. The molecule has 23 heavy (non-hydrogen) atoms. The van der Waals surface area contributed by atoms with Crippen LogP contribution in [0.5, 0.6) is 0 Å². The standard InChI is InChI=1S/C20H25NO2/c22-13-12-20(17(23)21-16-4-5-16)14-19(15-20)10-8-18(9-11-19)6-2-1-3-7-18/h2-3,6-11,16,22H,1,4-5,12-15H2,(H,21,23). The molecular weight excluding hydrogens is 286 g/mol. The van der Waals surface area contributed by atoms with Gasteiger partial charge in [0, 0.05) is 23.5 Å². The quantitative estimate of drug-likeness (QED) is 0.784. The van der Waals surface area contributed by atoms with E-state index in [9.17, 15) is 9.90 Å². The number of aliphatic hydroxyl groups excluding tert-OH is 1. The summed E-state index contributed by atoms with van der Waals surface area (Å²) < 4.78 is 0. The Bertz CT molecular complexity index is 586. The average molecular weight is 311 g/mol. The van der Waals surface area contributed by atoms with Gasteiger partial charge in [0.25, 0.3) is 0 Å². The molecule has 2 saturated carbocycles. The fourth-order valence-electron chi connectivity index (χ4n) is 4.31. The lowest BCUT2D eigenvalue weighted by molar-refractivity contribution is -0.143. The van der Waals surface area contributed by atoms with Crippen LogP contribution in [0.25, 0.3) is 0 Å². The number of rotatable bonds is 4. The molecule has 4 aliphatic carbocycles. The second kappa shape index (κ2) is 5.20. The van der Waals surface area contributed by atoms with Crippen molar-refractivity contribution in [3.05, 3.63) is 48.6 Å². The van der Waals surface area contributed by atoms with Crippen molar-refractivity contribution in [2.24, 2.45) is 16.2 Å². The van der Waals surface area contributed by atoms with E-state index >= 15 is 0 Å². The fourth-order valence-corrected chi connectivity index (χ4v) is 4.31. The zero-order chi connectivity index (χ0) is 16.0. The summed E-state index contributed by atoms with van der Waals surface area (Å²) in [7, 11) is 0. The van der Waals surface area contributed by atoms with Gasteiger partial charge < -0.3 is 10.4 Å². The van der Waals surface area contributed by atoms with Gasteiger partial charge in [0.15, 0.2) is 0 Å². The average Bonchev–Trinajstić information content (AvgIpc) is 3.33. The minimum absolute atomic E-state index is 0.000435. The first-order valence-electron chi connectivity index (χ1n) is 8.78. The highest BCUT2D eigenvalue weighted by Gasteiger charge is 2.57. The highest BCUT2D eigenvalue weighted by Crippen LogP contribution is 2.60. The normalized spacial score (nSPS) is 28.0. The summed E-state index contributed by atoms with van der Waals surface area (Å²) in [5.74, 6) is 0.152. The highest BCUT2D eigenvalue weighted by atomic mass is 16.3. The molecule has 3 nitrogen and oxygen atoms in total. The third-order valence-corrected chi connectivity index (χ3v) is 5.81. The number of hydrogen-bond acceptors (Lipinski definition) is 2. The topological polar surface area (TPSA) is 49.3 Å². The highest BCUT2D eigenvalue weighted by molar-refractivity contribution is 5.85. The molecule has 4 rings (SSSR count). The Morgan fingerprint density at radius 3 is 2.26 bits per heavy atom. The number of carbonyl (C=O) groups is 1. The maximum atomic E-state index is 12.6. The molecule has 0 saturated heterocycles. The molecule has 2 spiro atoms. The van der Waals surface area contributed by atoms with E-state index in [-0.39, 0.29) is 28.8 Å². The molecular formula is C20H25NO2. The van der Waals surface area contributed by atoms with Gasteiger partial charge in [-0.2, -0.15) is 0 Å². The number of amides is 1. The number of allylic oxidation sites excluding steroid dienone is 8. The van der Waals surface area contributed by atoms with Gasteiger partial charge in [-0.15, -0.1) is 0 Å². The van der Waals surface area contributed by atoms with Crippen LogP contribution in [0.2, 0.25) is 0 Å². The molecule has 0 aromatic carbocycles. The minimum atomic E-state index is -0.380. The molecule has 0 unspecified atom stereocenters. The third-order valence-electron chi connectivity index (χ3n) is 5.81. The van der Waals surface area contributed by atoms with Crippen LogP contribution >= 0.6 is 0 Å². The Balaban J connectivity index is 1.48. The maximum Gasteiger partial charge on any atom is 0.226 e. The van der Waals surface area contributed by atoms with Crippen LogP contribution < -0.4 is 5.32 Å². The van der Waals surface area contributed by atoms with Crippen LogP contribution in [-0.4, -0.2) is 23.7 Å². The van der Waals surface area contributed by atoms with Gasteiger partial charge in [0.1, 0.15) is 0 Å². The van der Waals surface area contributed by atoms with E-state index in [1.807, 2.05) is 0 Å². The summed E-state index contributed by atoms with van der Waals surface area (Å²) in [6.07, 6.45) is 23.4. The molecule has 3 heteroatoms. The minimum Gasteiger partial charge on any atom is -0.396 e. The fraction of sp³-hybridized carbons (Fsp3) is 0.550. The van der Waals surface area contributed by atoms with Crippen LogP contribution in [0, 0.1) is 16.2 Å². The first kappa shape index (κ1) is 14.9. The van der Waals surface area contributed by atoms with Crippen molar-refractivity contribution in [1.82, 2.24) is 5.32 Å². The van der Waals surface area contributed by atoms with Crippen LogP contribution in [0.4, 0.5) is 0 Å². The molecule has 1 amide bonds. The second-order valence-corrected chi connectivity index (χ2v) is 7.80. The van der Waals surface area contributed by atoms with E-state index < -0.39 is 0 Å². The molecule has 2 N–H and O–H groups in total. The van der Waals surface area contributed by atoms with E-state index in [0.717, 1.165) is 32.1 Å². The van der Waals surface area contributed by atoms with Gasteiger partial charge >= 0.3 is 0 Å². The van der Waals surface area contributed by atoms with Crippen molar-refractivity contribution in [3.8, 4) is 0 Å². The Hall–Kier alpha value is -1.61. The lowest BCUT2D eigenvalue weighted by atomic mass is 9.49. The zero-order valence-electron chi connectivity index (χ0n) is 13.5. The summed E-state index contributed by atoms with van der Waals surface area (Å²) in [5, 5.41) is 12.6. The van der Waals surface area contributed by atoms with E-state index in [2.05, 4.69) is 53.9 Å². The van der Waals surface area contributed by atoms with E-state index in [4.69, 9.17) is 0 Å². The Morgan fingerprint density at radius 2 is 1.70 bits per heavy atom. The molecule has 0 heterocycles. The van der Waals surface area contributed by atoms with Crippen LogP contribution in [0.3, 0.4) is 0 Å². The summed E-state index contributed by atoms with van der Waals surface area (Å²) >= 11 is 0. The number of aliphatic hydroxyl groups is 1. The van der Waals surface area contributed by atoms with Crippen molar-refractivity contribution in [3.63, 3.8) is 0 Å². The van der Waals surface area contributed by atoms with Crippen molar-refractivity contribution in [2.45, 2.75) is 44.6 Å².